The number of guanidine groups is 1. The minimum atomic E-state index is 0.788. The highest BCUT2D eigenvalue weighted by atomic mass is 15.3. The van der Waals surface area contributed by atoms with Gasteiger partial charge in [0.2, 0.25) is 0 Å². The topological polar surface area (TPSA) is 67.1 Å². The molecule has 0 aliphatic heterocycles. The third-order valence-electron chi connectivity index (χ3n) is 3.43. The molecule has 0 saturated carbocycles. The zero-order valence-corrected chi connectivity index (χ0v) is 13.3. The van der Waals surface area contributed by atoms with Gasteiger partial charge in [0.25, 0.3) is 0 Å². The summed E-state index contributed by atoms with van der Waals surface area (Å²) in [7, 11) is 1.79. The lowest BCUT2D eigenvalue weighted by molar-refractivity contribution is 0.632. The lowest BCUT2D eigenvalue weighted by atomic mass is 10.1. The van der Waals surface area contributed by atoms with Crippen molar-refractivity contribution in [3.8, 4) is 0 Å². The van der Waals surface area contributed by atoms with E-state index in [1.807, 2.05) is 6.07 Å². The van der Waals surface area contributed by atoms with Crippen LogP contribution >= 0.6 is 0 Å². The third-order valence-corrected chi connectivity index (χ3v) is 3.43. The van der Waals surface area contributed by atoms with E-state index in [1.54, 1.807) is 13.4 Å². The first-order chi connectivity index (χ1) is 10.8. The van der Waals surface area contributed by atoms with Crippen molar-refractivity contribution in [1.29, 1.82) is 0 Å². The molecule has 2 rings (SSSR count). The van der Waals surface area contributed by atoms with E-state index in [9.17, 15) is 0 Å². The molecule has 2 aromatic rings. The van der Waals surface area contributed by atoms with Crippen molar-refractivity contribution in [2.24, 2.45) is 4.99 Å². The van der Waals surface area contributed by atoms with Crippen LogP contribution in [0.5, 0.6) is 0 Å². The van der Waals surface area contributed by atoms with Gasteiger partial charge in [0.15, 0.2) is 5.96 Å². The lowest BCUT2D eigenvalue weighted by Gasteiger charge is -2.12. The molecule has 0 bridgehead atoms. The zero-order chi connectivity index (χ0) is 15.6. The van der Waals surface area contributed by atoms with Gasteiger partial charge in [-0.25, -0.2) is 0 Å². The molecular weight excluding hydrogens is 276 g/mol. The van der Waals surface area contributed by atoms with Gasteiger partial charge in [-0.3, -0.25) is 4.99 Å². The number of nitrogens with zero attached hydrogens (tertiary/aromatic N) is 4. The molecule has 6 nitrogen and oxygen atoms in total. The largest absolute Gasteiger partial charge is 0.356 e. The van der Waals surface area contributed by atoms with Crippen LogP contribution in [0.1, 0.15) is 18.3 Å². The van der Waals surface area contributed by atoms with E-state index in [0.717, 1.165) is 44.3 Å². The first-order valence-corrected chi connectivity index (χ1v) is 7.68. The van der Waals surface area contributed by atoms with E-state index < -0.39 is 0 Å². The molecule has 1 aromatic carbocycles. The molecule has 22 heavy (non-hydrogen) atoms. The molecule has 1 heterocycles. The van der Waals surface area contributed by atoms with Crippen molar-refractivity contribution >= 4 is 5.96 Å². The molecule has 0 spiro atoms. The summed E-state index contributed by atoms with van der Waals surface area (Å²) in [5, 5.41) is 14.6. The molecule has 0 atom stereocenters. The fourth-order valence-electron chi connectivity index (χ4n) is 2.22. The average molecular weight is 300 g/mol. The van der Waals surface area contributed by atoms with Crippen LogP contribution in [0, 0.1) is 0 Å². The van der Waals surface area contributed by atoms with Gasteiger partial charge in [0, 0.05) is 33.1 Å². The first kappa shape index (κ1) is 16.0. The maximum atomic E-state index is 4.23. The summed E-state index contributed by atoms with van der Waals surface area (Å²) >= 11 is 0. The molecule has 6 heteroatoms. The fraction of sp³-hybridized carbons (Fsp3) is 0.438. The standard InChI is InChI=1S/C16H24N6/c1-3-15-21-20-13-22(15)12-11-19-16(17-2)18-10-9-14-7-5-4-6-8-14/h4-8,13H,3,9-12H2,1-2H3,(H2,17,18,19). The smallest absolute Gasteiger partial charge is 0.191 e. The number of aliphatic imine (C=N–C) groups is 1. The summed E-state index contributed by atoms with van der Waals surface area (Å²) < 4.78 is 2.06. The molecule has 0 radical (unpaired) electrons. The van der Waals surface area contributed by atoms with Crippen LogP contribution in [-0.4, -0.2) is 40.9 Å². The van der Waals surface area contributed by atoms with E-state index in [2.05, 4.69) is 61.6 Å². The minimum absolute atomic E-state index is 0.788. The summed E-state index contributed by atoms with van der Waals surface area (Å²) in [6.07, 6.45) is 3.64. The van der Waals surface area contributed by atoms with Gasteiger partial charge < -0.3 is 15.2 Å². The molecule has 0 amide bonds. The Kier molecular flexibility index (Phi) is 6.41. The van der Waals surface area contributed by atoms with Gasteiger partial charge in [-0.2, -0.15) is 0 Å². The summed E-state index contributed by atoms with van der Waals surface area (Å²) in [5.74, 6) is 1.83. The molecule has 0 aliphatic carbocycles. The van der Waals surface area contributed by atoms with Crippen LogP contribution in [0.4, 0.5) is 0 Å². The highest BCUT2D eigenvalue weighted by Crippen LogP contribution is 1.98. The highest BCUT2D eigenvalue weighted by Gasteiger charge is 2.02. The number of nitrogens with one attached hydrogen (secondary N) is 2. The van der Waals surface area contributed by atoms with Crippen LogP contribution in [0.15, 0.2) is 41.7 Å². The quantitative estimate of drug-likeness (QED) is 0.596. The van der Waals surface area contributed by atoms with Gasteiger partial charge in [-0.1, -0.05) is 37.3 Å². The van der Waals surface area contributed by atoms with Crippen LogP contribution in [0.25, 0.3) is 0 Å². The Morgan fingerprint density at radius 1 is 1.18 bits per heavy atom. The molecule has 0 fully saturated rings. The van der Waals surface area contributed by atoms with Crippen molar-refractivity contribution in [2.45, 2.75) is 26.3 Å². The minimum Gasteiger partial charge on any atom is -0.356 e. The van der Waals surface area contributed by atoms with Crippen LogP contribution < -0.4 is 10.6 Å². The Labute approximate surface area is 131 Å². The Bertz CT molecular complexity index is 575. The van der Waals surface area contributed by atoms with Crippen LogP contribution in [0.3, 0.4) is 0 Å². The second-order valence-corrected chi connectivity index (χ2v) is 4.96. The second-order valence-electron chi connectivity index (χ2n) is 4.96. The Morgan fingerprint density at radius 3 is 2.68 bits per heavy atom. The lowest BCUT2D eigenvalue weighted by Crippen LogP contribution is -2.39. The monoisotopic (exact) mass is 300 g/mol. The Hall–Kier alpha value is -2.37. The van der Waals surface area contributed by atoms with Gasteiger partial charge in [-0.15, -0.1) is 10.2 Å². The summed E-state index contributed by atoms with van der Waals surface area (Å²) in [4.78, 5) is 4.23. The van der Waals surface area contributed by atoms with Gasteiger partial charge in [0.05, 0.1) is 0 Å². The van der Waals surface area contributed by atoms with Crippen molar-refractivity contribution in [1.82, 2.24) is 25.4 Å². The maximum Gasteiger partial charge on any atom is 0.191 e. The second kappa shape index (κ2) is 8.81. The molecule has 0 saturated heterocycles. The van der Waals surface area contributed by atoms with Gasteiger partial charge in [-0.05, 0) is 12.0 Å². The normalized spacial score (nSPS) is 11.5. The van der Waals surface area contributed by atoms with E-state index in [-0.39, 0.29) is 0 Å². The third kappa shape index (κ3) is 4.87. The molecule has 0 unspecified atom stereocenters. The SMILES string of the molecule is CCc1nncn1CCNC(=NC)NCCc1ccccc1. The predicted octanol–water partition coefficient (Wildman–Crippen LogP) is 1.25. The van der Waals surface area contributed by atoms with Crippen molar-refractivity contribution in [3.05, 3.63) is 48.0 Å². The fourth-order valence-corrected chi connectivity index (χ4v) is 2.22. The number of hydrogen-bond donors (Lipinski definition) is 2. The first-order valence-electron chi connectivity index (χ1n) is 7.68. The Balaban J connectivity index is 1.69. The number of aromatic nitrogens is 3. The predicted molar refractivity (Wildman–Crippen MR) is 88.9 cm³/mol. The van der Waals surface area contributed by atoms with E-state index >= 15 is 0 Å². The van der Waals surface area contributed by atoms with E-state index in [1.165, 1.54) is 5.56 Å². The molecular formula is C16H24N6. The van der Waals surface area contributed by atoms with Crippen LogP contribution in [-0.2, 0) is 19.4 Å². The number of hydrogen-bond acceptors (Lipinski definition) is 3. The molecule has 2 N–H and O–H groups in total. The number of aryl methyl sites for hydroxylation is 1. The maximum absolute atomic E-state index is 4.23. The Morgan fingerprint density at radius 2 is 1.95 bits per heavy atom. The van der Waals surface area contributed by atoms with Gasteiger partial charge in [0.1, 0.15) is 12.2 Å². The number of rotatable bonds is 7. The van der Waals surface area contributed by atoms with Crippen molar-refractivity contribution in [3.63, 3.8) is 0 Å². The summed E-state index contributed by atoms with van der Waals surface area (Å²) in [6.45, 7) is 4.56. The molecule has 0 aliphatic rings. The highest BCUT2D eigenvalue weighted by molar-refractivity contribution is 5.79. The average Bonchev–Trinajstić information content (AvgIpc) is 3.02. The summed E-state index contributed by atoms with van der Waals surface area (Å²) in [6, 6.07) is 10.4. The number of benzene rings is 1. The van der Waals surface area contributed by atoms with Crippen molar-refractivity contribution in [2.75, 3.05) is 20.1 Å². The summed E-state index contributed by atoms with van der Waals surface area (Å²) in [5.41, 5.74) is 1.32. The van der Waals surface area contributed by atoms with E-state index in [0.29, 0.717) is 0 Å². The van der Waals surface area contributed by atoms with Crippen LogP contribution in [0.2, 0.25) is 0 Å². The zero-order valence-electron chi connectivity index (χ0n) is 13.3. The van der Waals surface area contributed by atoms with E-state index in [4.69, 9.17) is 0 Å². The molecule has 118 valence electrons. The van der Waals surface area contributed by atoms with Crippen molar-refractivity contribution < 1.29 is 0 Å². The molecule has 1 aromatic heterocycles. The van der Waals surface area contributed by atoms with Gasteiger partial charge >= 0.3 is 0 Å².